The summed E-state index contributed by atoms with van der Waals surface area (Å²) in [7, 11) is 1.71. The molecule has 0 heterocycles. The number of halogens is 2. The number of benzene rings is 1. The predicted molar refractivity (Wildman–Crippen MR) is 72.0 cm³/mol. The molecule has 0 aromatic heterocycles. The first-order valence-corrected chi connectivity index (χ1v) is 7.01. The van der Waals surface area contributed by atoms with Gasteiger partial charge in [-0.25, -0.2) is 4.39 Å². The second-order valence-corrected chi connectivity index (χ2v) is 5.93. The number of ether oxygens (including phenoxy) is 1. The Kier molecular flexibility index (Phi) is 4.41. The van der Waals surface area contributed by atoms with Crippen LogP contribution in [0.2, 0.25) is 0 Å². The Morgan fingerprint density at radius 3 is 2.72 bits per heavy atom. The first-order valence-electron chi connectivity index (χ1n) is 6.21. The van der Waals surface area contributed by atoms with Crippen molar-refractivity contribution in [2.45, 2.75) is 43.8 Å². The first-order chi connectivity index (χ1) is 8.52. The highest BCUT2D eigenvalue weighted by Crippen LogP contribution is 2.34. The zero-order valence-corrected chi connectivity index (χ0v) is 12.0. The van der Waals surface area contributed by atoms with Crippen LogP contribution >= 0.6 is 15.9 Å². The van der Waals surface area contributed by atoms with E-state index in [0.717, 1.165) is 22.9 Å². The highest BCUT2D eigenvalue weighted by Gasteiger charge is 2.33. The maximum Gasteiger partial charge on any atom is 0.123 e. The third-order valence-corrected chi connectivity index (χ3v) is 4.50. The van der Waals surface area contributed by atoms with Gasteiger partial charge in [0, 0.05) is 18.0 Å². The molecule has 0 saturated heterocycles. The van der Waals surface area contributed by atoms with Gasteiger partial charge in [-0.2, -0.15) is 0 Å². The van der Waals surface area contributed by atoms with Crippen molar-refractivity contribution in [3.8, 4) is 0 Å². The zero-order chi connectivity index (χ0) is 13.2. The Morgan fingerprint density at radius 2 is 2.11 bits per heavy atom. The monoisotopic (exact) mass is 316 g/mol. The van der Waals surface area contributed by atoms with E-state index in [4.69, 9.17) is 4.74 Å². The van der Waals surface area contributed by atoms with Crippen LogP contribution in [0.25, 0.3) is 0 Å². The van der Waals surface area contributed by atoms with Crippen LogP contribution in [0, 0.1) is 5.82 Å². The van der Waals surface area contributed by atoms with Crippen LogP contribution in [0.5, 0.6) is 0 Å². The van der Waals surface area contributed by atoms with Gasteiger partial charge in [0.15, 0.2) is 0 Å². The first kappa shape index (κ1) is 14.0. The van der Waals surface area contributed by atoms with E-state index in [2.05, 4.69) is 15.9 Å². The fourth-order valence-corrected chi connectivity index (χ4v) is 2.96. The standard InChI is InChI=1S/C14H18BrFO2/c1-18-12-4-6-14(17,7-5-12)9-10-8-11(16)2-3-13(10)15/h2-3,8,12,17H,4-7,9H2,1H3. The molecule has 1 aliphatic carbocycles. The fourth-order valence-electron chi connectivity index (χ4n) is 2.57. The van der Waals surface area contributed by atoms with Gasteiger partial charge in [-0.05, 0) is 49.4 Å². The van der Waals surface area contributed by atoms with Gasteiger partial charge in [0.05, 0.1) is 11.7 Å². The summed E-state index contributed by atoms with van der Waals surface area (Å²) in [5.74, 6) is -0.262. The largest absolute Gasteiger partial charge is 0.390 e. The van der Waals surface area contributed by atoms with Crippen molar-refractivity contribution in [3.05, 3.63) is 34.1 Å². The molecular weight excluding hydrogens is 299 g/mol. The highest BCUT2D eigenvalue weighted by molar-refractivity contribution is 9.10. The van der Waals surface area contributed by atoms with E-state index >= 15 is 0 Å². The third kappa shape index (κ3) is 3.31. The van der Waals surface area contributed by atoms with Crippen LogP contribution in [-0.4, -0.2) is 23.9 Å². The van der Waals surface area contributed by atoms with E-state index in [9.17, 15) is 9.50 Å². The van der Waals surface area contributed by atoms with Gasteiger partial charge in [0.2, 0.25) is 0 Å². The van der Waals surface area contributed by atoms with Crippen LogP contribution in [0.15, 0.2) is 22.7 Å². The van der Waals surface area contributed by atoms with Crippen molar-refractivity contribution in [3.63, 3.8) is 0 Å². The highest BCUT2D eigenvalue weighted by atomic mass is 79.9. The lowest BCUT2D eigenvalue weighted by Gasteiger charge is -2.35. The molecule has 1 fully saturated rings. The SMILES string of the molecule is COC1CCC(O)(Cc2cc(F)ccc2Br)CC1. The molecule has 1 N–H and O–H groups in total. The van der Waals surface area contributed by atoms with Crippen molar-refractivity contribution in [1.29, 1.82) is 0 Å². The van der Waals surface area contributed by atoms with Crippen LogP contribution < -0.4 is 0 Å². The van der Waals surface area contributed by atoms with Crippen LogP contribution in [-0.2, 0) is 11.2 Å². The molecule has 1 aromatic rings. The van der Waals surface area contributed by atoms with Gasteiger partial charge in [0.1, 0.15) is 5.82 Å². The molecule has 0 bridgehead atoms. The average molecular weight is 317 g/mol. The lowest BCUT2D eigenvalue weighted by molar-refractivity contribution is -0.0428. The number of methoxy groups -OCH3 is 1. The third-order valence-electron chi connectivity index (χ3n) is 3.72. The molecular formula is C14H18BrFO2. The molecule has 18 heavy (non-hydrogen) atoms. The normalized spacial score (nSPS) is 28.3. The minimum atomic E-state index is -0.731. The summed E-state index contributed by atoms with van der Waals surface area (Å²) >= 11 is 3.40. The molecule has 1 aromatic carbocycles. The van der Waals surface area contributed by atoms with E-state index in [0.29, 0.717) is 19.3 Å². The molecule has 0 atom stereocenters. The van der Waals surface area contributed by atoms with Gasteiger partial charge in [-0.3, -0.25) is 0 Å². The van der Waals surface area contributed by atoms with Crippen LogP contribution in [0.1, 0.15) is 31.2 Å². The lowest BCUT2D eigenvalue weighted by atomic mass is 9.79. The Hall–Kier alpha value is -0.450. The average Bonchev–Trinajstić information content (AvgIpc) is 2.35. The molecule has 0 radical (unpaired) electrons. The minimum absolute atomic E-state index is 0.251. The Morgan fingerprint density at radius 1 is 1.44 bits per heavy atom. The van der Waals surface area contributed by atoms with E-state index in [1.807, 2.05) is 0 Å². The van der Waals surface area contributed by atoms with Crippen molar-refractivity contribution >= 4 is 15.9 Å². The molecule has 1 saturated carbocycles. The lowest BCUT2D eigenvalue weighted by Crippen LogP contribution is -2.38. The maximum atomic E-state index is 13.2. The summed E-state index contributed by atoms with van der Waals surface area (Å²) < 4.78 is 19.4. The van der Waals surface area contributed by atoms with Crippen LogP contribution in [0.4, 0.5) is 4.39 Å². The van der Waals surface area contributed by atoms with Crippen molar-refractivity contribution < 1.29 is 14.2 Å². The maximum absolute atomic E-state index is 13.2. The van der Waals surface area contributed by atoms with E-state index in [1.54, 1.807) is 13.2 Å². The summed E-state index contributed by atoms with van der Waals surface area (Å²) in [6, 6.07) is 4.60. The Labute approximate surface area is 115 Å². The van der Waals surface area contributed by atoms with E-state index in [1.165, 1.54) is 12.1 Å². The molecule has 2 nitrogen and oxygen atoms in total. The molecule has 4 heteroatoms. The second-order valence-electron chi connectivity index (χ2n) is 5.07. The number of aliphatic hydroxyl groups is 1. The smallest absolute Gasteiger partial charge is 0.123 e. The van der Waals surface area contributed by atoms with Crippen molar-refractivity contribution in [2.75, 3.05) is 7.11 Å². The Bertz CT molecular complexity index is 414. The number of hydrogen-bond donors (Lipinski definition) is 1. The summed E-state index contributed by atoms with van der Waals surface area (Å²) in [5.41, 5.74) is 0.0964. The van der Waals surface area contributed by atoms with Gasteiger partial charge in [0.25, 0.3) is 0 Å². The minimum Gasteiger partial charge on any atom is -0.390 e. The van der Waals surface area contributed by atoms with Gasteiger partial charge >= 0.3 is 0 Å². The van der Waals surface area contributed by atoms with Gasteiger partial charge < -0.3 is 9.84 Å². The second kappa shape index (κ2) is 5.68. The van der Waals surface area contributed by atoms with E-state index in [-0.39, 0.29) is 11.9 Å². The zero-order valence-electron chi connectivity index (χ0n) is 10.5. The summed E-state index contributed by atoms with van der Waals surface area (Å²) in [4.78, 5) is 0. The van der Waals surface area contributed by atoms with E-state index < -0.39 is 5.60 Å². The van der Waals surface area contributed by atoms with Crippen molar-refractivity contribution in [2.24, 2.45) is 0 Å². The molecule has 1 aliphatic rings. The molecule has 0 amide bonds. The predicted octanol–water partition coefficient (Wildman–Crippen LogP) is 3.45. The number of rotatable bonds is 3. The quantitative estimate of drug-likeness (QED) is 0.925. The fraction of sp³-hybridized carbons (Fsp3) is 0.571. The van der Waals surface area contributed by atoms with Gasteiger partial charge in [-0.1, -0.05) is 15.9 Å². The molecule has 100 valence electrons. The molecule has 2 rings (SSSR count). The summed E-state index contributed by atoms with van der Waals surface area (Å²) in [6.45, 7) is 0. The van der Waals surface area contributed by atoms with Gasteiger partial charge in [-0.15, -0.1) is 0 Å². The van der Waals surface area contributed by atoms with Crippen molar-refractivity contribution in [1.82, 2.24) is 0 Å². The summed E-state index contributed by atoms with van der Waals surface area (Å²) in [5, 5.41) is 10.6. The van der Waals surface area contributed by atoms with Crippen LogP contribution in [0.3, 0.4) is 0 Å². The molecule has 0 spiro atoms. The Balaban J connectivity index is 2.06. The summed E-state index contributed by atoms with van der Waals surface area (Å²) in [6.07, 6.45) is 3.87. The molecule has 0 aliphatic heterocycles. The topological polar surface area (TPSA) is 29.5 Å². The number of hydrogen-bond acceptors (Lipinski definition) is 2. The molecule has 0 unspecified atom stereocenters.